The fourth-order valence-corrected chi connectivity index (χ4v) is 2.19. The van der Waals surface area contributed by atoms with Gasteiger partial charge in [-0.1, -0.05) is 23.7 Å². The topological polar surface area (TPSA) is 67.1 Å². The van der Waals surface area contributed by atoms with Gasteiger partial charge in [0.05, 0.1) is 0 Å². The molecule has 1 aromatic heterocycles. The molecule has 0 amide bonds. The number of anilines is 2. The van der Waals surface area contributed by atoms with Gasteiger partial charge < -0.3 is 10.3 Å². The number of nitrogens with two attached hydrogens (primary N) is 1. The lowest BCUT2D eigenvalue weighted by molar-refractivity contribution is 0.869. The summed E-state index contributed by atoms with van der Waals surface area (Å²) in [6.45, 7) is 4.53. The minimum Gasteiger partial charge on any atom is -0.355 e. The van der Waals surface area contributed by atoms with Crippen LogP contribution in [0.5, 0.6) is 0 Å². The molecule has 1 heterocycles. The molecule has 0 bridgehead atoms. The summed E-state index contributed by atoms with van der Waals surface area (Å²) in [5.74, 6) is 7.68. The number of nitrogen functional groups attached to an aromatic ring is 1. The van der Waals surface area contributed by atoms with Crippen LogP contribution in [0.3, 0.4) is 0 Å². The minimum absolute atomic E-state index is 0.649. The van der Waals surface area contributed by atoms with Crippen LogP contribution >= 0.6 is 11.6 Å². The molecule has 106 valence electrons. The van der Waals surface area contributed by atoms with Crippen LogP contribution in [0.2, 0.25) is 5.02 Å². The number of aryl methyl sites for hydroxylation is 1. The molecule has 0 saturated heterocycles. The molecule has 0 aliphatic rings. The summed E-state index contributed by atoms with van der Waals surface area (Å²) in [6, 6.07) is 7.78. The summed E-state index contributed by atoms with van der Waals surface area (Å²) in [5.41, 5.74) is 4.69. The van der Waals surface area contributed by atoms with Crippen molar-refractivity contribution in [3.8, 4) is 0 Å². The first-order chi connectivity index (χ1) is 9.51. The second kappa shape index (κ2) is 6.07. The third-order valence-electron chi connectivity index (χ3n) is 3.06. The highest BCUT2D eigenvalue weighted by Gasteiger charge is 2.12. The maximum absolute atomic E-state index is 5.89. The molecule has 5 nitrogen and oxygen atoms in total. The lowest BCUT2D eigenvalue weighted by Gasteiger charge is -2.21. The third-order valence-corrected chi connectivity index (χ3v) is 3.32. The van der Waals surface area contributed by atoms with Gasteiger partial charge in [-0.15, -0.1) is 0 Å². The van der Waals surface area contributed by atoms with E-state index < -0.39 is 0 Å². The van der Waals surface area contributed by atoms with E-state index in [4.69, 9.17) is 17.4 Å². The second-order valence-corrected chi connectivity index (χ2v) is 5.13. The predicted octanol–water partition coefficient (Wildman–Crippen LogP) is 2.67. The first-order valence-corrected chi connectivity index (χ1v) is 6.66. The SMILES string of the molecule is Cc1nc(NN)c(C)c(N(C)Cc2ccc(Cl)cc2)n1. The van der Waals surface area contributed by atoms with E-state index in [0.29, 0.717) is 11.6 Å². The van der Waals surface area contributed by atoms with E-state index in [9.17, 15) is 0 Å². The molecule has 1 aromatic carbocycles. The Bertz CT molecular complexity index is 597. The zero-order valence-electron chi connectivity index (χ0n) is 11.8. The Hall–Kier alpha value is -1.85. The Balaban J connectivity index is 2.26. The van der Waals surface area contributed by atoms with E-state index in [1.165, 1.54) is 0 Å². The highest BCUT2D eigenvalue weighted by Crippen LogP contribution is 2.23. The van der Waals surface area contributed by atoms with E-state index in [2.05, 4.69) is 20.3 Å². The average molecular weight is 292 g/mol. The molecule has 0 unspecified atom stereocenters. The maximum Gasteiger partial charge on any atom is 0.148 e. The zero-order chi connectivity index (χ0) is 14.7. The van der Waals surface area contributed by atoms with Gasteiger partial charge in [0, 0.05) is 24.2 Å². The van der Waals surface area contributed by atoms with Crippen molar-refractivity contribution in [2.75, 3.05) is 17.4 Å². The molecule has 0 spiro atoms. The van der Waals surface area contributed by atoms with Crippen LogP contribution in [-0.2, 0) is 6.54 Å². The Kier molecular flexibility index (Phi) is 4.42. The molecule has 0 atom stereocenters. The van der Waals surface area contributed by atoms with Crippen molar-refractivity contribution >= 4 is 23.2 Å². The molecule has 0 aliphatic heterocycles. The zero-order valence-corrected chi connectivity index (χ0v) is 12.6. The fraction of sp³-hybridized carbons (Fsp3) is 0.286. The van der Waals surface area contributed by atoms with Gasteiger partial charge in [-0.2, -0.15) is 0 Å². The molecular formula is C14H18ClN5. The molecule has 2 aromatic rings. The Labute approximate surface area is 123 Å². The van der Waals surface area contributed by atoms with Crippen LogP contribution in [0.1, 0.15) is 17.0 Å². The molecule has 2 rings (SSSR count). The van der Waals surface area contributed by atoms with Gasteiger partial charge in [-0.3, -0.25) is 0 Å². The van der Waals surface area contributed by atoms with E-state index in [1.54, 1.807) is 0 Å². The van der Waals surface area contributed by atoms with Gasteiger partial charge in [0.25, 0.3) is 0 Å². The Morgan fingerprint density at radius 3 is 2.45 bits per heavy atom. The highest BCUT2D eigenvalue weighted by molar-refractivity contribution is 6.30. The maximum atomic E-state index is 5.89. The first kappa shape index (κ1) is 14.6. The number of rotatable bonds is 4. The van der Waals surface area contributed by atoms with Crippen LogP contribution in [0, 0.1) is 13.8 Å². The van der Waals surface area contributed by atoms with Gasteiger partial charge >= 0.3 is 0 Å². The molecular weight excluding hydrogens is 274 g/mol. The van der Waals surface area contributed by atoms with Gasteiger partial charge in [-0.05, 0) is 31.5 Å². The summed E-state index contributed by atoms with van der Waals surface area (Å²) in [5, 5.41) is 0.736. The average Bonchev–Trinajstić information content (AvgIpc) is 2.43. The van der Waals surface area contributed by atoms with E-state index in [1.807, 2.05) is 45.2 Å². The van der Waals surface area contributed by atoms with Crippen LogP contribution in [0.25, 0.3) is 0 Å². The van der Waals surface area contributed by atoms with Gasteiger partial charge in [-0.25, -0.2) is 15.8 Å². The summed E-state index contributed by atoms with van der Waals surface area (Å²) >= 11 is 5.89. The lowest BCUT2D eigenvalue weighted by atomic mass is 10.2. The number of nitrogens with zero attached hydrogens (tertiary/aromatic N) is 3. The number of hydrazine groups is 1. The number of nitrogens with one attached hydrogen (secondary N) is 1. The lowest BCUT2D eigenvalue weighted by Crippen LogP contribution is -2.21. The summed E-state index contributed by atoms with van der Waals surface area (Å²) < 4.78 is 0. The Morgan fingerprint density at radius 2 is 1.85 bits per heavy atom. The van der Waals surface area contributed by atoms with Crippen molar-refractivity contribution < 1.29 is 0 Å². The van der Waals surface area contributed by atoms with Gasteiger partial charge in [0.2, 0.25) is 0 Å². The van der Waals surface area contributed by atoms with Crippen LogP contribution in [0.15, 0.2) is 24.3 Å². The van der Waals surface area contributed by atoms with Crippen molar-refractivity contribution in [3.63, 3.8) is 0 Å². The van der Waals surface area contributed by atoms with Crippen molar-refractivity contribution in [3.05, 3.63) is 46.2 Å². The fourth-order valence-electron chi connectivity index (χ4n) is 2.06. The Morgan fingerprint density at radius 1 is 1.20 bits per heavy atom. The molecule has 0 fully saturated rings. The van der Waals surface area contributed by atoms with Crippen molar-refractivity contribution in [2.24, 2.45) is 5.84 Å². The summed E-state index contributed by atoms with van der Waals surface area (Å²) in [6.07, 6.45) is 0. The largest absolute Gasteiger partial charge is 0.355 e. The normalized spacial score (nSPS) is 10.4. The van der Waals surface area contributed by atoms with Crippen LogP contribution in [-0.4, -0.2) is 17.0 Å². The molecule has 0 radical (unpaired) electrons. The predicted molar refractivity (Wildman–Crippen MR) is 82.9 cm³/mol. The monoisotopic (exact) mass is 291 g/mol. The molecule has 6 heteroatoms. The van der Waals surface area contributed by atoms with Crippen LogP contribution < -0.4 is 16.2 Å². The minimum atomic E-state index is 0.649. The third kappa shape index (κ3) is 3.18. The standard InChI is InChI=1S/C14H18ClN5/c1-9-13(19-16)17-10(2)18-14(9)20(3)8-11-4-6-12(15)7-5-11/h4-7H,8,16H2,1-3H3,(H,17,18,19). The smallest absolute Gasteiger partial charge is 0.148 e. The van der Waals surface area contributed by atoms with Crippen molar-refractivity contribution in [1.29, 1.82) is 0 Å². The number of hydrogen-bond donors (Lipinski definition) is 2. The quantitative estimate of drug-likeness (QED) is 0.670. The van der Waals surface area contributed by atoms with Crippen LogP contribution in [0.4, 0.5) is 11.6 Å². The van der Waals surface area contributed by atoms with E-state index >= 15 is 0 Å². The van der Waals surface area contributed by atoms with E-state index in [0.717, 1.165) is 28.5 Å². The number of hydrogen-bond acceptors (Lipinski definition) is 5. The number of halogens is 1. The molecule has 0 saturated carbocycles. The van der Waals surface area contributed by atoms with Gasteiger partial charge in [0.15, 0.2) is 0 Å². The molecule has 20 heavy (non-hydrogen) atoms. The number of benzene rings is 1. The summed E-state index contributed by atoms with van der Waals surface area (Å²) in [7, 11) is 1.99. The number of aromatic nitrogens is 2. The molecule has 3 N–H and O–H groups in total. The molecule has 0 aliphatic carbocycles. The second-order valence-electron chi connectivity index (χ2n) is 4.69. The van der Waals surface area contributed by atoms with Gasteiger partial charge in [0.1, 0.15) is 17.5 Å². The summed E-state index contributed by atoms with van der Waals surface area (Å²) in [4.78, 5) is 10.8. The van der Waals surface area contributed by atoms with E-state index in [-0.39, 0.29) is 0 Å². The van der Waals surface area contributed by atoms with Crippen molar-refractivity contribution in [2.45, 2.75) is 20.4 Å². The highest BCUT2D eigenvalue weighted by atomic mass is 35.5. The van der Waals surface area contributed by atoms with Crippen molar-refractivity contribution in [1.82, 2.24) is 9.97 Å². The first-order valence-electron chi connectivity index (χ1n) is 6.28.